The topological polar surface area (TPSA) is 37.3 Å². The van der Waals surface area contributed by atoms with Crippen LogP contribution in [0.25, 0.3) is 0 Å². The molecule has 110 valence electrons. The molecular formula is C16H13BrCl2O2. The maximum atomic E-state index is 10.9. The molecule has 0 aliphatic rings. The van der Waals surface area contributed by atoms with E-state index in [-0.39, 0.29) is 6.42 Å². The second-order valence-corrected chi connectivity index (χ2v) is 6.46. The largest absolute Gasteiger partial charge is 0.481 e. The second-order valence-electron chi connectivity index (χ2n) is 4.73. The van der Waals surface area contributed by atoms with Gasteiger partial charge in [0.25, 0.3) is 0 Å². The van der Waals surface area contributed by atoms with Crippen LogP contribution < -0.4 is 0 Å². The molecule has 0 radical (unpaired) electrons. The molecule has 2 aromatic carbocycles. The lowest BCUT2D eigenvalue weighted by atomic mass is 9.98. The van der Waals surface area contributed by atoms with Crippen molar-refractivity contribution < 1.29 is 9.90 Å². The highest BCUT2D eigenvalue weighted by atomic mass is 79.9. The third-order valence-electron chi connectivity index (χ3n) is 3.18. The SMILES string of the molecule is O=C(O)Cc1cc(Cl)c(Cl)cc1CCc1ccc(Br)cc1. The van der Waals surface area contributed by atoms with Gasteiger partial charge in [-0.3, -0.25) is 4.79 Å². The Hall–Kier alpha value is -1.03. The molecule has 2 rings (SSSR count). The van der Waals surface area contributed by atoms with Crippen LogP contribution in [0.4, 0.5) is 0 Å². The molecule has 2 nitrogen and oxygen atoms in total. The first-order valence-electron chi connectivity index (χ1n) is 6.38. The van der Waals surface area contributed by atoms with Gasteiger partial charge in [-0.05, 0) is 53.8 Å². The number of aryl methyl sites for hydroxylation is 2. The Labute approximate surface area is 141 Å². The maximum Gasteiger partial charge on any atom is 0.307 e. The van der Waals surface area contributed by atoms with Crippen LogP contribution in [-0.4, -0.2) is 11.1 Å². The van der Waals surface area contributed by atoms with Crippen molar-refractivity contribution >= 4 is 45.1 Å². The lowest BCUT2D eigenvalue weighted by Gasteiger charge is -2.10. The van der Waals surface area contributed by atoms with Gasteiger partial charge < -0.3 is 5.11 Å². The van der Waals surface area contributed by atoms with E-state index >= 15 is 0 Å². The Bertz CT molecular complexity index is 654. The Balaban J connectivity index is 2.19. The highest BCUT2D eigenvalue weighted by Crippen LogP contribution is 2.27. The molecular weight excluding hydrogens is 375 g/mol. The molecule has 0 amide bonds. The molecule has 5 heteroatoms. The van der Waals surface area contributed by atoms with Gasteiger partial charge in [-0.25, -0.2) is 0 Å². The molecule has 0 fully saturated rings. The second kappa shape index (κ2) is 7.30. The molecule has 0 spiro atoms. The van der Waals surface area contributed by atoms with E-state index in [2.05, 4.69) is 15.9 Å². The molecule has 21 heavy (non-hydrogen) atoms. The van der Waals surface area contributed by atoms with E-state index in [0.717, 1.165) is 22.9 Å². The van der Waals surface area contributed by atoms with E-state index in [9.17, 15) is 4.79 Å². The van der Waals surface area contributed by atoms with E-state index in [1.165, 1.54) is 5.56 Å². The van der Waals surface area contributed by atoms with Crippen molar-refractivity contribution in [2.24, 2.45) is 0 Å². The van der Waals surface area contributed by atoms with Crippen LogP contribution in [0.1, 0.15) is 16.7 Å². The smallest absolute Gasteiger partial charge is 0.307 e. The van der Waals surface area contributed by atoms with Crippen molar-refractivity contribution in [2.45, 2.75) is 19.3 Å². The summed E-state index contributed by atoms with van der Waals surface area (Å²) in [5.74, 6) is -0.877. The van der Waals surface area contributed by atoms with Crippen molar-refractivity contribution in [3.05, 3.63) is 67.6 Å². The summed E-state index contributed by atoms with van der Waals surface area (Å²) in [4.78, 5) is 10.9. The van der Waals surface area contributed by atoms with Crippen LogP contribution in [0.15, 0.2) is 40.9 Å². The van der Waals surface area contributed by atoms with Crippen LogP contribution in [0.3, 0.4) is 0 Å². The molecule has 0 unspecified atom stereocenters. The third kappa shape index (κ3) is 4.73. The van der Waals surface area contributed by atoms with Gasteiger partial charge in [0.2, 0.25) is 0 Å². The standard InChI is InChI=1S/C16H13BrCl2O2/c17-13-5-2-10(3-6-13)1-4-11-7-14(18)15(19)8-12(11)9-16(20)21/h2-3,5-8H,1,4,9H2,(H,20,21). The minimum absolute atomic E-state index is 0.0490. The molecule has 0 bridgehead atoms. The van der Waals surface area contributed by atoms with Crippen LogP contribution in [-0.2, 0) is 24.1 Å². The normalized spacial score (nSPS) is 10.6. The van der Waals surface area contributed by atoms with Crippen molar-refractivity contribution in [1.82, 2.24) is 0 Å². The first-order valence-corrected chi connectivity index (χ1v) is 7.93. The summed E-state index contributed by atoms with van der Waals surface area (Å²) in [6, 6.07) is 11.5. The van der Waals surface area contributed by atoms with Crippen LogP contribution in [0.2, 0.25) is 10.0 Å². The number of carboxylic acid groups (broad SMARTS) is 1. The average Bonchev–Trinajstić information content (AvgIpc) is 2.42. The monoisotopic (exact) mass is 386 g/mol. The number of carboxylic acids is 1. The van der Waals surface area contributed by atoms with E-state index in [4.69, 9.17) is 28.3 Å². The quantitative estimate of drug-likeness (QED) is 0.768. The van der Waals surface area contributed by atoms with Gasteiger partial charge >= 0.3 is 5.97 Å². The molecule has 0 atom stereocenters. The van der Waals surface area contributed by atoms with Crippen molar-refractivity contribution in [2.75, 3.05) is 0 Å². The van der Waals surface area contributed by atoms with Gasteiger partial charge in [0.1, 0.15) is 0 Å². The molecule has 1 N–H and O–H groups in total. The molecule has 0 saturated heterocycles. The van der Waals surface area contributed by atoms with E-state index in [1.807, 2.05) is 24.3 Å². The summed E-state index contributed by atoms with van der Waals surface area (Å²) in [6.07, 6.45) is 1.49. The summed E-state index contributed by atoms with van der Waals surface area (Å²) in [7, 11) is 0. The fourth-order valence-corrected chi connectivity index (χ4v) is 2.76. The fourth-order valence-electron chi connectivity index (χ4n) is 2.12. The number of rotatable bonds is 5. The summed E-state index contributed by atoms with van der Waals surface area (Å²) in [5.41, 5.74) is 2.83. The molecule has 2 aromatic rings. The third-order valence-corrected chi connectivity index (χ3v) is 4.43. The summed E-state index contributed by atoms with van der Waals surface area (Å²) in [5, 5.41) is 9.83. The Morgan fingerprint density at radius 3 is 2.14 bits per heavy atom. The lowest BCUT2D eigenvalue weighted by Crippen LogP contribution is -2.05. The highest BCUT2D eigenvalue weighted by molar-refractivity contribution is 9.10. The van der Waals surface area contributed by atoms with Gasteiger partial charge in [-0.1, -0.05) is 51.3 Å². The number of halogens is 3. The summed E-state index contributed by atoms with van der Waals surface area (Å²) in [6.45, 7) is 0. The van der Waals surface area contributed by atoms with E-state index < -0.39 is 5.97 Å². The van der Waals surface area contributed by atoms with Crippen molar-refractivity contribution in [3.8, 4) is 0 Å². The van der Waals surface area contributed by atoms with Crippen LogP contribution >= 0.6 is 39.1 Å². The van der Waals surface area contributed by atoms with Gasteiger partial charge in [0.05, 0.1) is 16.5 Å². The molecule has 0 aliphatic heterocycles. The minimum atomic E-state index is -0.877. The zero-order valence-corrected chi connectivity index (χ0v) is 14.2. The first-order chi connectivity index (χ1) is 9.95. The van der Waals surface area contributed by atoms with E-state index in [0.29, 0.717) is 15.6 Å². The number of benzene rings is 2. The molecule has 0 aromatic heterocycles. The molecule has 0 saturated carbocycles. The number of aliphatic carboxylic acids is 1. The Morgan fingerprint density at radius 1 is 1.00 bits per heavy atom. The average molecular weight is 388 g/mol. The zero-order valence-electron chi connectivity index (χ0n) is 11.1. The maximum absolute atomic E-state index is 10.9. The predicted molar refractivity (Wildman–Crippen MR) is 89.4 cm³/mol. The Morgan fingerprint density at radius 2 is 1.57 bits per heavy atom. The van der Waals surface area contributed by atoms with Crippen LogP contribution in [0.5, 0.6) is 0 Å². The lowest BCUT2D eigenvalue weighted by molar-refractivity contribution is -0.136. The highest BCUT2D eigenvalue weighted by Gasteiger charge is 2.11. The van der Waals surface area contributed by atoms with E-state index in [1.54, 1.807) is 12.1 Å². The summed E-state index contributed by atoms with van der Waals surface area (Å²) < 4.78 is 1.03. The zero-order chi connectivity index (χ0) is 15.4. The fraction of sp³-hybridized carbons (Fsp3) is 0.188. The molecule has 0 heterocycles. The minimum Gasteiger partial charge on any atom is -0.481 e. The first kappa shape index (κ1) is 16.3. The number of carbonyl (C=O) groups is 1. The van der Waals surface area contributed by atoms with Gasteiger partial charge in [-0.15, -0.1) is 0 Å². The van der Waals surface area contributed by atoms with Gasteiger partial charge in [-0.2, -0.15) is 0 Å². The van der Waals surface area contributed by atoms with Crippen LogP contribution in [0, 0.1) is 0 Å². The van der Waals surface area contributed by atoms with Gasteiger partial charge in [0.15, 0.2) is 0 Å². The number of hydrogen-bond donors (Lipinski definition) is 1. The summed E-state index contributed by atoms with van der Waals surface area (Å²) >= 11 is 15.4. The van der Waals surface area contributed by atoms with Crippen molar-refractivity contribution in [3.63, 3.8) is 0 Å². The Kier molecular flexibility index (Phi) is 5.68. The van der Waals surface area contributed by atoms with Crippen molar-refractivity contribution in [1.29, 1.82) is 0 Å². The number of hydrogen-bond acceptors (Lipinski definition) is 1. The molecule has 0 aliphatic carbocycles. The predicted octanol–water partition coefficient (Wildman–Crippen LogP) is 5.17. The van der Waals surface area contributed by atoms with Gasteiger partial charge in [0, 0.05) is 4.47 Å².